The van der Waals surface area contributed by atoms with Crippen LogP contribution >= 0.6 is 0 Å². The van der Waals surface area contributed by atoms with Crippen LogP contribution in [-0.2, 0) is 38.1 Å². The number of aliphatic hydroxyl groups excluding tert-OH is 2. The SMILES string of the molecule is COC1CC(C[C@@H](C)[C@@H]2CC[C@H](N)/C=C(\C)C(O)[C@@H](OC)C(=O)C(C)C[C@H](C)/C=C/C=C/C=C(\C)[C@@H](Nc3cccc(OC(F)(F)F)c3)CC3CCC(C)C(O)(O3)C(=O)C(=O)N3CCCCC3C(=O)O2)CC[C@H]1O. The summed E-state index contributed by atoms with van der Waals surface area (Å²) < 4.78 is 67.7. The molecule has 3 heterocycles. The van der Waals surface area contributed by atoms with E-state index in [-0.39, 0.29) is 55.4 Å². The van der Waals surface area contributed by atoms with E-state index in [4.69, 9.17) is 24.7 Å². The number of amides is 1. The molecule has 0 spiro atoms. The maximum Gasteiger partial charge on any atom is 0.573 e. The van der Waals surface area contributed by atoms with Crippen LogP contribution in [0.2, 0.25) is 0 Å². The third-order valence-electron chi connectivity index (χ3n) is 15.5. The zero-order valence-electron chi connectivity index (χ0n) is 44.4. The van der Waals surface area contributed by atoms with Crippen molar-refractivity contribution in [3.63, 3.8) is 0 Å². The predicted octanol–water partition coefficient (Wildman–Crippen LogP) is 8.06. The number of rotatable bonds is 8. The summed E-state index contributed by atoms with van der Waals surface area (Å²) in [5.41, 5.74) is 8.14. The summed E-state index contributed by atoms with van der Waals surface area (Å²) in [7, 11) is 2.95. The number of nitrogens with one attached hydrogen (secondary N) is 1. The monoisotopic (exact) mass is 1050 g/mol. The van der Waals surface area contributed by atoms with Crippen LogP contribution < -0.4 is 15.8 Å². The smallest absolute Gasteiger partial charge is 0.461 e. The van der Waals surface area contributed by atoms with Crippen molar-refractivity contribution in [1.82, 2.24) is 4.90 Å². The number of carbonyl (C=O) groups excluding carboxylic acids is 4. The number of Topliss-reactive ketones (excluding diaryl/α,β-unsaturated/α-hetero) is 2. The molecule has 4 aliphatic rings. The Morgan fingerprint density at radius 2 is 1.65 bits per heavy atom. The van der Waals surface area contributed by atoms with Gasteiger partial charge in [0.05, 0.1) is 18.3 Å². The van der Waals surface area contributed by atoms with Gasteiger partial charge in [0.25, 0.3) is 11.7 Å². The Balaban J connectivity index is 1.49. The fourth-order valence-electron chi connectivity index (χ4n) is 11.0. The van der Waals surface area contributed by atoms with Crippen LogP contribution in [0.25, 0.3) is 0 Å². The first-order valence-electron chi connectivity index (χ1n) is 26.4. The normalized spacial score (nSPS) is 37.0. The zero-order valence-corrected chi connectivity index (χ0v) is 44.4. The number of esters is 1. The van der Waals surface area contributed by atoms with Crippen molar-refractivity contribution in [2.75, 3.05) is 26.1 Å². The fraction of sp³-hybridized carbons (Fsp3) is 0.679. The van der Waals surface area contributed by atoms with Crippen LogP contribution in [0, 0.1) is 29.6 Å². The second-order valence-electron chi connectivity index (χ2n) is 21.4. The van der Waals surface area contributed by atoms with Gasteiger partial charge < -0.3 is 55.0 Å². The second kappa shape index (κ2) is 27.6. The van der Waals surface area contributed by atoms with Crippen molar-refractivity contribution >= 4 is 29.1 Å². The highest BCUT2D eigenvalue weighted by atomic mass is 19.4. The molecule has 3 aliphatic heterocycles. The number of carbonyl (C=O) groups is 4. The molecule has 8 unspecified atom stereocenters. The summed E-state index contributed by atoms with van der Waals surface area (Å²) >= 11 is 0. The molecule has 6 N–H and O–H groups in total. The number of nitrogens with two attached hydrogens (primary N) is 1. The van der Waals surface area contributed by atoms with E-state index < -0.39 is 96.0 Å². The van der Waals surface area contributed by atoms with Crippen LogP contribution in [0.15, 0.2) is 71.9 Å². The number of anilines is 1. The van der Waals surface area contributed by atoms with Gasteiger partial charge in [-0.1, -0.05) is 75.8 Å². The van der Waals surface area contributed by atoms with Gasteiger partial charge in [0.15, 0.2) is 5.78 Å². The third-order valence-corrected chi connectivity index (χ3v) is 15.5. The Morgan fingerprint density at radius 3 is 2.35 bits per heavy atom. The summed E-state index contributed by atoms with van der Waals surface area (Å²) in [6, 6.07) is 2.98. The lowest BCUT2D eigenvalue weighted by Gasteiger charge is -2.43. The van der Waals surface area contributed by atoms with E-state index in [9.17, 15) is 47.7 Å². The van der Waals surface area contributed by atoms with Crippen LogP contribution in [0.4, 0.5) is 18.9 Å². The lowest BCUT2D eigenvalue weighted by atomic mass is 9.78. The number of methoxy groups -OCH3 is 2. The van der Waals surface area contributed by atoms with Gasteiger partial charge in [-0.05, 0) is 133 Å². The number of nitrogens with zero attached hydrogens (tertiary/aromatic N) is 1. The van der Waals surface area contributed by atoms with Crippen molar-refractivity contribution in [2.45, 2.75) is 192 Å². The molecule has 1 aromatic carbocycles. The molecule has 3 fully saturated rings. The van der Waals surface area contributed by atoms with Gasteiger partial charge in [0, 0.05) is 56.4 Å². The maximum absolute atomic E-state index is 14.5. The number of hydrogen-bond acceptors (Lipinski definition) is 14. The van der Waals surface area contributed by atoms with Gasteiger partial charge in [0.1, 0.15) is 30.1 Å². The minimum Gasteiger partial charge on any atom is -0.461 e. The highest BCUT2D eigenvalue weighted by Gasteiger charge is 2.53. The van der Waals surface area contributed by atoms with Crippen molar-refractivity contribution in [3.05, 3.63) is 71.9 Å². The minimum atomic E-state index is -4.92. The summed E-state index contributed by atoms with van der Waals surface area (Å²) in [5.74, 6) is -7.69. The number of alkyl halides is 3. The van der Waals surface area contributed by atoms with E-state index in [0.717, 1.165) is 12.0 Å². The Kier molecular flexibility index (Phi) is 22.5. The number of benzene rings is 1. The molecular weight excluding hydrogens is 964 g/mol. The molecule has 0 aromatic heterocycles. The average molecular weight is 1050 g/mol. The number of cyclic esters (lactones) is 1. The maximum atomic E-state index is 14.5. The molecule has 1 amide bonds. The van der Waals surface area contributed by atoms with Crippen LogP contribution in [0.5, 0.6) is 5.75 Å². The van der Waals surface area contributed by atoms with Gasteiger partial charge >= 0.3 is 12.3 Å². The van der Waals surface area contributed by atoms with E-state index in [1.807, 2.05) is 39.0 Å². The van der Waals surface area contributed by atoms with Gasteiger partial charge in [0.2, 0.25) is 5.79 Å². The molecule has 1 aromatic rings. The number of aliphatic hydroxyl groups is 3. The molecule has 1 saturated carbocycles. The van der Waals surface area contributed by atoms with E-state index in [2.05, 4.69) is 10.1 Å². The standard InChI is InChI=1S/C56H82F3N3O12/c1-33-15-10-9-11-16-34(2)44(61-41-17-14-18-42(31-41)74-56(57,58)59)32-43-23-20-38(6)55(69,73-43)52(66)53(67)62-26-13-12-19-45(62)54(68)72-47(35(3)28-39-21-24-46(63)48(30-39)70-7)25-22-40(60)29-37(5)50(65)51(71-8)49(64)36(4)27-33/h9-11,14-18,29,31,33,35-36,38-40,43-48,50-51,61,63,65,69H,12-13,19-28,30,32,60H2,1-8H3/b11-9+,15-10+,34-16+,37-29+/t33-,35-,36?,38?,39?,40+,43?,44+,45?,46-,47+,48?,50?,51+,55?/m1/s1. The summed E-state index contributed by atoms with van der Waals surface area (Å²) in [6.45, 7) is 10.9. The van der Waals surface area contributed by atoms with Crippen molar-refractivity contribution in [1.29, 1.82) is 0 Å². The lowest BCUT2D eigenvalue weighted by molar-refractivity contribution is -0.274. The Bertz CT molecular complexity index is 2170. The summed E-state index contributed by atoms with van der Waals surface area (Å²) in [4.78, 5) is 58.4. The highest BCUT2D eigenvalue weighted by molar-refractivity contribution is 6.39. The first kappa shape index (κ1) is 60.4. The number of hydrogen-bond donors (Lipinski definition) is 5. The number of allylic oxidation sites excluding steroid dienone is 5. The number of fused-ring (bicyclic) bond motifs is 3. The molecule has 414 valence electrons. The van der Waals surface area contributed by atoms with Gasteiger partial charge in [-0.15, -0.1) is 13.2 Å². The molecule has 18 heteroatoms. The molecular formula is C56H82F3N3O12. The topological polar surface area (TPSA) is 216 Å². The lowest BCUT2D eigenvalue weighted by Crippen LogP contribution is -2.61. The minimum absolute atomic E-state index is 0.0526. The Hall–Kier alpha value is -4.43. The number of halogens is 3. The van der Waals surface area contributed by atoms with E-state index >= 15 is 0 Å². The molecule has 15 nitrogen and oxygen atoms in total. The predicted molar refractivity (Wildman–Crippen MR) is 273 cm³/mol. The first-order chi connectivity index (χ1) is 34.9. The Labute approximate surface area is 435 Å². The molecule has 2 saturated heterocycles. The molecule has 5 rings (SSSR count). The number of ketones is 2. The Morgan fingerprint density at radius 1 is 0.905 bits per heavy atom. The third kappa shape index (κ3) is 16.8. The molecule has 2 bridgehead atoms. The number of ether oxygens (including phenoxy) is 5. The fourth-order valence-corrected chi connectivity index (χ4v) is 11.0. The van der Waals surface area contributed by atoms with Crippen LogP contribution in [-0.4, -0.2) is 131 Å². The summed E-state index contributed by atoms with van der Waals surface area (Å²) in [5, 5.41) is 37.5. The van der Waals surface area contributed by atoms with Crippen molar-refractivity contribution in [2.24, 2.45) is 35.3 Å². The molecule has 1 aliphatic carbocycles. The second-order valence-corrected chi connectivity index (χ2v) is 21.4. The van der Waals surface area contributed by atoms with E-state index in [1.165, 1.54) is 30.2 Å². The number of piperidine rings is 1. The van der Waals surface area contributed by atoms with E-state index in [0.29, 0.717) is 69.0 Å². The molecule has 0 radical (unpaired) electrons. The van der Waals surface area contributed by atoms with Gasteiger partial charge in [-0.3, -0.25) is 14.4 Å². The highest BCUT2D eigenvalue weighted by Crippen LogP contribution is 2.38. The van der Waals surface area contributed by atoms with Crippen molar-refractivity contribution in [3.8, 4) is 5.75 Å². The quantitative estimate of drug-likeness (QED) is 0.0946. The zero-order chi connectivity index (χ0) is 54.5. The first-order valence-corrected chi connectivity index (χ1v) is 26.4. The largest absolute Gasteiger partial charge is 0.573 e. The van der Waals surface area contributed by atoms with Gasteiger partial charge in [-0.2, -0.15) is 0 Å². The molecule has 74 heavy (non-hydrogen) atoms. The average Bonchev–Trinajstić information content (AvgIpc) is 3.35. The van der Waals surface area contributed by atoms with Crippen LogP contribution in [0.1, 0.15) is 125 Å². The van der Waals surface area contributed by atoms with Crippen LogP contribution in [0.3, 0.4) is 0 Å². The van der Waals surface area contributed by atoms with Gasteiger partial charge in [-0.25, -0.2) is 4.79 Å². The summed E-state index contributed by atoms with van der Waals surface area (Å²) in [6.07, 6.45) is 6.75. The van der Waals surface area contributed by atoms with E-state index in [1.54, 1.807) is 52.2 Å². The van der Waals surface area contributed by atoms with Crippen molar-refractivity contribution < 1.29 is 71.4 Å². The molecule has 15 atom stereocenters.